The lowest BCUT2D eigenvalue weighted by Gasteiger charge is -2.11. The van der Waals surface area contributed by atoms with E-state index in [4.69, 9.17) is 19.4 Å². The summed E-state index contributed by atoms with van der Waals surface area (Å²) >= 11 is 0. The van der Waals surface area contributed by atoms with Crippen molar-refractivity contribution in [2.24, 2.45) is 0 Å². The quantitative estimate of drug-likeness (QED) is 0.202. The lowest BCUT2D eigenvalue weighted by atomic mass is 9.92. The van der Waals surface area contributed by atoms with Crippen molar-refractivity contribution in [3.63, 3.8) is 0 Å². The van der Waals surface area contributed by atoms with E-state index in [1.165, 1.54) is 33.0 Å². The molecule has 0 aliphatic heterocycles. The summed E-state index contributed by atoms with van der Waals surface area (Å²) in [6, 6.07) is 52.5. The molecule has 0 atom stereocenters. The van der Waals surface area contributed by atoms with Crippen LogP contribution >= 0.6 is 0 Å². The monoisotopic (exact) mass is 599 g/mol. The van der Waals surface area contributed by atoms with E-state index in [0.717, 1.165) is 49.8 Å². The number of hydrogen-bond acceptors (Lipinski definition) is 4. The van der Waals surface area contributed by atoms with E-state index in [1.807, 2.05) is 72.8 Å². The molecule has 47 heavy (non-hydrogen) atoms. The van der Waals surface area contributed by atoms with Gasteiger partial charge in [-0.3, -0.25) is 0 Å². The molecule has 0 saturated carbocycles. The number of furan rings is 1. The molecule has 9 aromatic rings. The fourth-order valence-corrected chi connectivity index (χ4v) is 7.24. The Morgan fingerprint density at radius 1 is 0.362 bits per heavy atom. The Labute approximate surface area is 270 Å². The highest BCUT2D eigenvalue weighted by Gasteiger charge is 2.26. The largest absolute Gasteiger partial charge is 0.455 e. The fourth-order valence-electron chi connectivity index (χ4n) is 7.24. The molecule has 218 valence electrons. The maximum Gasteiger partial charge on any atom is 0.164 e. The molecule has 0 radical (unpaired) electrons. The molecule has 10 rings (SSSR count). The first kappa shape index (κ1) is 25.9. The van der Waals surface area contributed by atoms with E-state index in [2.05, 4.69) is 78.9 Å². The van der Waals surface area contributed by atoms with Crippen molar-refractivity contribution in [2.45, 2.75) is 0 Å². The van der Waals surface area contributed by atoms with Gasteiger partial charge in [-0.25, -0.2) is 15.0 Å². The van der Waals surface area contributed by atoms with Gasteiger partial charge >= 0.3 is 0 Å². The van der Waals surface area contributed by atoms with Crippen LogP contribution < -0.4 is 0 Å². The highest BCUT2D eigenvalue weighted by atomic mass is 16.3. The van der Waals surface area contributed by atoms with Crippen LogP contribution in [0.3, 0.4) is 0 Å². The topological polar surface area (TPSA) is 51.8 Å². The second-order valence-corrected chi connectivity index (χ2v) is 11.9. The van der Waals surface area contributed by atoms with Crippen molar-refractivity contribution in [2.75, 3.05) is 0 Å². The van der Waals surface area contributed by atoms with Gasteiger partial charge in [0.1, 0.15) is 11.2 Å². The molecule has 0 spiro atoms. The normalized spacial score (nSPS) is 11.8. The average molecular weight is 600 g/mol. The van der Waals surface area contributed by atoms with Gasteiger partial charge in [0.05, 0.1) is 0 Å². The molecule has 0 N–H and O–H groups in total. The molecular weight excluding hydrogens is 574 g/mol. The Hall–Kier alpha value is -6.39. The maximum absolute atomic E-state index is 6.77. The van der Waals surface area contributed by atoms with E-state index in [1.54, 1.807) is 0 Å². The number of aromatic nitrogens is 3. The Kier molecular flexibility index (Phi) is 5.54. The highest BCUT2D eigenvalue weighted by Crippen LogP contribution is 2.52. The zero-order valence-electron chi connectivity index (χ0n) is 25.2. The molecule has 1 aliphatic rings. The minimum absolute atomic E-state index is 0.610. The summed E-state index contributed by atoms with van der Waals surface area (Å²) in [5.74, 6) is 1.88. The maximum atomic E-state index is 6.77. The Balaban J connectivity index is 1.21. The molecule has 0 unspecified atom stereocenters. The van der Waals surface area contributed by atoms with Crippen LogP contribution in [0.15, 0.2) is 156 Å². The number of rotatable bonds is 4. The number of para-hydroxylation sites is 1. The third-order valence-electron chi connectivity index (χ3n) is 9.28. The SMILES string of the molecule is c1ccc(-c2nc(-c3ccccc3)nc(-c3cccc4oc5c(-c6cccc7c6-c6cccc8cccc-7c68)cccc5c34)n2)cc1. The molecule has 0 fully saturated rings. The zero-order chi connectivity index (χ0) is 30.9. The summed E-state index contributed by atoms with van der Waals surface area (Å²) in [7, 11) is 0. The van der Waals surface area contributed by atoms with Crippen LogP contribution in [0.1, 0.15) is 0 Å². The predicted octanol–water partition coefficient (Wildman–Crippen LogP) is 11.2. The number of fused-ring (bicyclic) bond motifs is 6. The third-order valence-corrected chi connectivity index (χ3v) is 9.28. The second-order valence-electron chi connectivity index (χ2n) is 11.9. The van der Waals surface area contributed by atoms with Crippen LogP contribution in [-0.4, -0.2) is 15.0 Å². The van der Waals surface area contributed by atoms with Crippen LogP contribution in [0.25, 0.3) is 100 Å². The van der Waals surface area contributed by atoms with Gasteiger partial charge in [-0.1, -0.05) is 146 Å². The van der Waals surface area contributed by atoms with Gasteiger partial charge in [0, 0.05) is 33.0 Å². The Bertz CT molecular complexity index is 2610. The highest BCUT2D eigenvalue weighted by molar-refractivity contribution is 6.20. The molecule has 1 aliphatic carbocycles. The van der Waals surface area contributed by atoms with E-state index in [0.29, 0.717) is 17.5 Å². The second kappa shape index (κ2) is 10.1. The Morgan fingerprint density at radius 3 is 1.62 bits per heavy atom. The summed E-state index contributed by atoms with van der Waals surface area (Å²) in [5, 5.41) is 4.60. The summed E-state index contributed by atoms with van der Waals surface area (Å²) in [4.78, 5) is 15.0. The van der Waals surface area contributed by atoms with Crippen molar-refractivity contribution < 1.29 is 4.42 Å². The van der Waals surface area contributed by atoms with Crippen LogP contribution in [-0.2, 0) is 0 Å². The average Bonchev–Trinajstić information content (AvgIpc) is 3.70. The first-order valence-electron chi connectivity index (χ1n) is 15.8. The standard InChI is InChI=1S/C43H25N3O/c1-3-12-27(13-4-1)41-44-42(28-14-5-2-6-15-28)46-43(45-41)35-24-11-25-36-39(35)34-23-10-21-32(40(34)47-36)31-20-9-19-30-29-18-7-16-26-17-8-22-33(37(26)29)38(30)31/h1-25H. The number of nitrogens with zero attached hydrogens (tertiary/aromatic N) is 3. The minimum Gasteiger partial charge on any atom is -0.455 e. The molecule has 4 heteroatoms. The molecule has 4 nitrogen and oxygen atoms in total. The van der Waals surface area contributed by atoms with Crippen molar-refractivity contribution >= 4 is 32.7 Å². The van der Waals surface area contributed by atoms with E-state index in [-0.39, 0.29) is 0 Å². The molecule has 0 bridgehead atoms. The molecule has 2 aromatic heterocycles. The lowest BCUT2D eigenvalue weighted by molar-refractivity contribution is 0.670. The summed E-state index contributed by atoms with van der Waals surface area (Å²) in [6.07, 6.45) is 0. The van der Waals surface area contributed by atoms with Gasteiger partial charge < -0.3 is 4.42 Å². The summed E-state index contributed by atoms with van der Waals surface area (Å²) < 4.78 is 6.77. The van der Waals surface area contributed by atoms with Gasteiger partial charge in [-0.05, 0) is 44.7 Å². The zero-order valence-corrected chi connectivity index (χ0v) is 25.2. The van der Waals surface area contributed by atoms with Gasteiger partial charge in [-0.2, -0.15) is 0 Å². The smallest absolute Gasteiger partial charge is 0.164 e. The number of benzene rings is 7. The summed E-state index contributed by atoms with van der Waals surface area (Å²) in [5.41, 5.74) is 11.7. The third kappa shape index (κ3) is 3.92. The van der Waals surface area contributed by atoms with Gasteiger partial charge in [0.25, 0.3) is 0 Å². The van der Waals surface area contributed by atoms with Crippen molar-refractivity contribution in [3.8, 4) is 67.5 Å². The van der Waals surface area contributed by atoms with Crippen molar-refractivity contribution in [3.05, 3.63) is 152 Å². The summed E-state index contributed by atoms with van der Waals surface area (Å²) in [6.45, 7) is 0. The van der Waals surface area contributed by atoms with Gasteiger partial charge in [0.15, 0.2) is 17.5 Å². The predicted molar refractivity (Wildman–Crippen MR) is 191 cm³/mol. The minimum atomic E-state index is 0.610. The van der Waals surface area contributed by atoms with E-state index >= 15 is 0 Å². The molecule has 7 aromatic carbocycles. The first-order chi connectivity index (χ1) is 23.3. The number of hydrogen-bond donors (Lipinski definition) is 0. The molecular formula is C43H25N3O. The van der Waals surface area contributed by atoms with Crippen molar-refractivity contribution in [1.82, 2.24) is 15.0 Å². The molecule has 0 saturated heterocycles. The fraction of sp³-hybridized carbons (Fsp3) is 0. The first-order valence-corrected chi connectivity index (χ1v) is 15.8. The van der Waals surface area contributed by atoms with E-state index < -0.39 is 0 Å². The van der Waals surface area contributed by atoms with Crippen molar-refractivity contribution in [1.29, 1.82) is 0 Å². The van der Waals surface area contributed by atoms with Crippen LogP contribution in [0.4, 0.5) is 0 Å². The molecule has 2 heterocycles. The van der Waals surface area contributed by atoms with Gasteiger partial charge in [0.2, 0.25) is 0 Å². The van der Waals surface area contributed by atoms with E-state index in [9.17, 15) is 0 Å². The molecule has 0 amide bonds. The van der Waals surface area contributed by atoms with Crippen LogP contribution in [0.5, 0.6) is 0 Å². The van der Waals surface area contributed by atoms with Crippen LogP contribution in [0, 0.1) is 0 Å². The van der Waals surface area contributed by atoms with Gasteiger partial charge in [-0.15, -0.1) is 0 Å². The lowest BCUT2D eigenvalue weighted by Crippen LogP contribution is -2.00. The van der Waals surface area contributed by atoms with Crippen LogP contribution in [0.2, 0.25) is 0 Å². The Morgan fingerprint density at radius 2 is 0.894 bits per heavy atom.